The number of amides is 1. The van der Waals surface area contributed by atoms with Gasteiger partial charge in [-0.05, 0) is 76.9 Å². The van der Waals surface area contributed by atoms with Crippen molar-refractivity contribution in [2.45, 2.75) is 46.1 Å². The van der Waals surface area contributed by atoms with Crippen molar-refractivity contribution in [2.24, 2.45) is 0 Å². The minimum Gasteiger partial charge on any atom is -0.481 e. The van der Waals surface area contributed by atoms with E-state index in [-0.39, 0.29) is 5.91 Å². The Morgan fingerprint density at radius 1 is 1.32 bits per heavy atom. The minimum absolute atomic E-state index is 0.0395. The number of carbonyl (C=O) groups excluding carboxylic acids is 1. The van der Waals surface area contributed by atoms with Gasteiger partial charge in [0.2, 0.25) is 0 Å². The second-order valence-corrected chi connectivity index (χ2v) is 6.22. The molecule has 0 spiro atoms. The molecule has 4 nitrogen and oxygen atoms in total. The van der Waals surface area contributed by atoms with Crippen LogP contribution in [0.2, 0.25) is 0 Å². The standard InChI is InChI=1S/C18H28N2O2/c1-14-7-8-15(2)17(13-14)22-16(3)18(21)19-9-6-12-20-10-4-5-11-20/h7-8,13,16H,4-6,9-12H2,1-3H3,(H,19,21)/t16-/m1/s1. The Hall–Kier alpha value is -1.55. The zero-order chi connectivity index (χ0) is 15.9. The quantitative estimate of drug-likeness (QED) is 0.788. The summed E-state index contributed by atoms with van der Waals surface area (Å²) in [5, 5.41) is 2.97. The minimum atomic E-state index is -0.465. The van der Waals surface area contributed by atoms with Gasteiger partial charge in [-0.1, -0.05) is 12.1 Å². The third-order valence-corrected chi connectivity index (χ3v) is 4.17. The van der Waals surface area contributed by atoms with Crippen molar-refractivity contribution in [2.75, 3.05) is 26.2 Å². The first-order valence-electron chi connectivity index (χ1n) is 8.30. The number of nitrogens with one attached hydrogen (secondary N) is 1. The summed E-state index contributed by atoms with van der Waals surface area (Å²) in [6.45, 7) is 10.0. The summed E-state index contributed by atoms with van der Waals surface area (Å²) in [5.41, 5.74) is 2.19. The normalized spacial score (nSPS) is 16.5. The number of nitrogens with zero attached hydrogens (tertiary/aromatic N) is 1. The molecule has 1 amide bonds. The predicted octanol–water partition coefficient (Wildman–Crippen LogP) is 2.67. The van der Waals surface area contributed by atoms with Crippen LogP contribution in [-0.2, 0) is 4.79 Å². The Balaban J connectivity index is 1.71. The molecule has 122 valence electrons. The largest absolute Gasteiger partial charge is 0.481 e. The maximum Gasteiger partial charge on any atom is 0.260 e. The van der Waals surface area contributed by atoms with Crippen LogP contribution in [0.3, 0.4) is 0 Å². The summed E-state index contributed by atoms with van der Waals surface area (Å²) in [6, 6.07) is 6.04. The SMILES string of the molecule is Cc1ccc(C)c(O[C@H](C)C(=O)NCCCN2CCCC2)c1. The van der Waals surface area contributed by atoms with Crippen LogP contribution in [0.5, 0.6) is 5.75 Å². The van der Waals surface area contributed by atoms with E-state index >= 15 is 0 Å². The number of benzene rings is 1. The summed E-state index contributed by atoms with van der Waals surface area (Å²) in [4.78, 5) is 14.6. The Morgan fingerprint density at radius 2 is 2.05 bits per heavy atom. The van der Waals surface area contributed by atoms with Crippen molar-refractivity contribution >= 4 is 5.91 Å². The van der Waals surface area contributed by atoms with Crippen LogP contribution in [0, 0.1) is 13.8 Å². The van der Waals surface area contributed by atoms with Crippen LogP contribution in [0.25, 0.3) is 0 Å². The zero-order valence-electron chi connectivity index (χ0n) is 14.0. The summed E-state index contributed by atoms with van der Waals surface area (Å²) >= 11 is 0. The van der Waals surface area contributed by atoms with Gasteiger partial charge in [0, 0.05) is 6.54 Å². The molecular weight excluding hydrogens is 276 g/mol. The molecular formula is C18H28N2O2. The molecule has 0 unspecified atom stereocenters. The number of hydrogen-bond donors (Lipinski definition) is 1. The molecule has 0 radical (unpaired) electrons. The first-order valence-corrected chi connectivity index (χ1v) is 8.30. The van der Waals surface area contributed by atoms with Gasteiger partial charge in [-0.25, -0.2) is 0 Å². The van der Waals surface area contributed by atoms with Gasteiger partial charge in [-0.3, -0.25) is 4.79 Å². The van der Waals surface area contributed by atoms with Crippen LogP contribution in [0.1, 0.15) is 37.3 Å². The van der Waals surface area contributed by atoms with E-state index in [1.807, 2.05) is 32.0 Å². The molecule has 2 rings (SSSR count). The maximum atomic E-state index is 12.1. The van der Waals surface area contributed by atoms with Crippen LogP contribution in [0.4, 0.5) is 0 Å². The molecule has 1 fully saturated rings. The topological polar surface area (TPSA) is 41.6 Å². The van der Waals surface area contributed by atoms with Crippen LogP contribution >= 0.6 is 0 Å². The molecule has 0 aliphatic carbocycles. The molecule has 22 heavy (non-hydrogen) atoms. The first-order chi connectivity index (χ1) is 10.6. The molecule has 1 N–H and O–H groups in total. The fourth-order valence-corrected chi connectivity index (χ4v) is 2.74. The van der Waals surface area contributed by atoms with Crippen molar-refractivity contribution in [3.05, 3.63) is 29.3 Å². The lowest BCUT2D eigenvalue weighted by atomic mass is 10.1. The highest BCUT2D eigenvalue weighted by atomic mass is 16.5. The van der Waals surface area contributed by atoms with Gasteiger partial charge >= 0.3 is 0 Å². The molecule has 1 aromatic carbocycles. The van der Waals surface area contributed by atoms with E-state index < -0.39 is 6.10 Å². The monoisotopic (exact) mass is 304 g/mol. The average molecular weight is 304 g/mol. The van der Waals surface area contributed by atoms with Gasteiger partial charge in [0.25, 0.3) is 5.91 Å². The molecule has 1 heterocycles. The van der Waals surface area contributed by atoms with Crippen LogP contribution < -0.4 is 10.1 Å². The summed E-state index contributed by atoms with van der Waals surface area (Å²) in [6.07, 6.45) is 3.16. The molecule has 1 aromatic rings. The fourth-order valence-electron chi connectivity index (χ4n) is 2.74. The average Bonchev–Trinajstić information content (AvgIpc) is 3.00. The number of aryl methyl sites for hydroxylation is 2. The number of rotatable bonds is 7. The van der Waals surface area contributed by atoms with E-state index in [4.69, 9.17) is 4.74 Å². The first kappa shape index (κ1) is 16.8. The Bertz CT molecular complexity index is 496. The van der Waals surface area contributed by atoms with Crippen molar-refractivity contribution in [3.8, 4) is 5.75 Å². The van der Waals surface area contributed by atoms with Crippen molar-refractivity contribution < 1.29 is 9.53 Å². The highest BCUT2D eigenvalue weighted by Gasteiger charge is 2.16. The molecule has 1 aliphatic rings. The Labute approximate surface area is 133 Å². The number of hydrogen-bond acceptors (Lipinski definition) is 3. The van der Waals surface area contributed by atoms with Gasteiger partial charge in [-0.15, -0.1) is 0 Å². The molecule has 4 heteroatoms. The lowest BCUT2D eigenvalue weighted by molar-refractivity contribution is -0.127. The van der Waals surface area contributed by atoms with Gasteiger partial charge in [0.15, 0.2) is 6.10 Å². The molecule has 1 aliphatic heterocycles. The molecule has 0 bridgehead atoms. The molecule has 1 saturated heterocycles. The van der Waals surface area contributed by atoms with E-state index in [9.17, 15) is 4.79 Å². The van der Waals surface area contributed by atoms with Gasteiger partial charge in [-0.2, -0.15) is 0 Å². The zero-order valence-corrected chi connectivity index (χ0v) is 14.0. The fraction of sp³-hybridized carbons (Fsp3) is 0.611. The van der Waals surface area contributed by atoms with E-state index in [1.165, 1.54) is 25.9 Å². The van der Waals surface area contributed by atoms with Crippen molar-refractivity contribution in [1.29, 1.82) is 0 Å². The van der Waals surface area contributed by atoms with E-state index in [1.54, 1.807) is 6.92 Å². The lowest BCUT2D eigenvalue weighted by Gasteiger charge is -2.18. The Kier molecular flexibility index (Phi) is 6.25. The molecule has 1 atom stereocenters. The highest BCUT2D eigenvalue weighted by Crippen LogP contribution is 2.20. The highest BCUT2D eigenvalue weighted by molar-refractivity contribution is 5.80. The van der Waals surface area contributed by atoms with Gasteiger partial charge in [0.05, 0.1) is 0 Å². The lowest BCUT2D eigenvalue weighted by Crippen LogP contribution is -2.37. The van der Waals surface area contributed by atoms with Crippen LogP contribution in [0.15, 0.2) is 18.2 Å². The summed E-state index contributed by atoms with van der Waals surface area (Å²) in [5.74, 6) is 0.752. The number of likely N-dealkylation sites (tertiary alicyclic amines) is 1. The number of carbonyl (C=O) groups is 1. The van der Waals surface area contributed by atoms with Crippen molar-refractivity contribution in [3.63, 3.8) is 0 Å². The second kappa shape index (κ2) is 8.18. The third kappa shape index (κ3) is 5.02. The molecule has 0 saturated carbocycles. The molecule has 0 aromatic heterocycles. The van der Waals surface area contributed by atoms with E-state index in [2.05, 4.69) is 10.2 Å². The van der Waals surface area contributed by atoms with Crippen LogP contribution in [-0.4, -0.2) is 43.1 Å². The predicted molar refractivity (Wildman–Crippen MR) is 89.3 cm³/mol. The third-order valence-electron chi connectivity index (χ3n) is 4.17. The smallest absolute Gasteiger partial charge is 0.260 e. The number of ether oxygens (including phenoxy) is 1. The Morgan fingerprint density at radius 3 is 2.77 bits per heavy atom. The van der Waals surface area contributed by atoms with Gasteiger partial charge in [0.1, 0.15) is 5.75 Å². The summed E-state index contributed by atoms with van der Waals surface area (Å²) < 4.78 is 5.80. The maximum absolute atomic E-state index is 12.1. The van der Waals surface area contributed by atoms with E-state index in [0.29, 0.717) is 0 Å². The van der Waals surface area contributed by atoms with E-state index in [0.717, 1.165) is 36.4 Å². The van der Waals surface area contributed by atoms with Crippen molar-refractivity contribution in [1.82, 2.24) is 10.2 Å². The second-order valence-electron chi connectivity index (χ2n) is 6.22. The summed E-state index contributed by atoms with van der Waals surface area (Å²) in [7, 11) is 0. The van der Waals surface area contributed by atoms with Gasteiger partial charge < -0.3 is 15.0 Å².